The van der Waals surface area contributed by atoms with Crippen LogP contribution in [0, 0.1) is 0 Å². The van der Waals surface area contributed by atoms with Crippen LogP contribution in [-0.4, -0.2) is 36.1 Å². The van der Waals surface area contributed by atoms with Crippen LogP contribution in [0.15, 0.2) is 42.9 Å². The van der Waals surface area contributed by atoms with E-state index in [-0.39, 0.29) is 13.1 Å². The number of aromatic nitrogens is 2. The van der Waals surface area contributed by atoms with Gasteiger partial charge in [0.1, 0.15) is 0 Å². The van der Waals surface area contributed by atoms with E-state index < -0.39 is 17.2 Å². The van der Waals surface area contributed by atoms with E-state index in [1.807, 2.05) is 0 Å². The number of ether oxygens (including phenoxy) is 1. The van der Waals surface area contributed by atoms with Gasteiger partial charge in [0.15, 0.2) is 0 Å². The van der Waals surface area contributed by atoms with Crippen LogP contribution in [0.3, 0.4) is 0 Å². The molecule has 0 radical (unpaired) electrons. The van der Waals surface area contributed by atoms with Crippen molar-refractivity contribution in [1.82, 2.24) is 14.3 Å². The lowest BCUT2D eigenvalue weighted by Gasteiger charge is -2.23. The highest BCUT2D eigenvalue weighted by Crippen LogP contribution is 2.10. The summed E-state index contributed by atoms with van der Waals surface area (Å²) in [6.07, 6.45) is 4.58. The van der Waals surface area contributed by atoms with Crippen molar-refractivity contribution in [1.29, 1.82) is 0 Å². The average Bonchev–Trinajstić information content (AvgIpc) is 2.55. The number of pyridine rings is 2. The number of hydrogen-bond donors (Lipinski definition) is 0. The number of methoxy groups -OCH3 is 1. The third kappa shape index (κ3) is 4.42. The summed E-state index contributed by atoms with van der Waals surface area (Å²) in [5, 5.41) is 0. The van der Waals surface area contributed by atoms with Crippen LogP contribution < -0.4 is 0 Å². The first-order valence-electron chi connectivity index (χ1n) is 6.36. The summed E-state index contributed by atoms with van der Waals surface area (Å²) in [4.78, 5) is 19.3. The molecule has 2 aromatic heterocycles. The van der Waals surface area contributed by atoms with E-state index >= 15 is 0 Å². The van der Waals surface area contributed by atoms with Gasteiger partial charge in [-0.2, -0.15) is 0 Å². The van der Waals surface area contributed by atoms with Crippen molar-refractivity contribution in [2.45, 2.75) is 13.1 Å². The number of carbonyl (C=O) groups is 1. The lowest BCUT2D eigenvalue weighted by molar-refractivity contribution is 0.0600. The maximum absolute atomic E-state index is 11.3. The van der Waals surface area contributed by atoms with Crippen molar-refractivity contribution in [2.24, 2.45) is 0 Å². The first-order chi connectivity index (χ1) is 10.6. The molecule has 0 saturated heterocycles. The lowest BCUT2D eigenvalue weighted by Crippen LogP contribution is -2.25. The van der Waals surface area contributed by atoms with Gasteiger partial charge in [-0.25, -0.2) is 9.10 Å². The molecule has 2 aromatic rings. The molecule has 116 valence electrons. The van der Waals surface area contributed by atoms with E-state index in [0.29, 0.717) is 11.3 Å². The molecule has 1 atom stereocenters. The number of rotatable bonds is 6. The van der Waals surface area contributed by atoms with Crippen LogP contribution in [0.2, 0.25) is 0 Å². The van der Waals surface area contributed by atoms with Gasteiger partial charge in [0.05, 0.1) is 24.9 Å². The van der Waals surface area contributed by atoms with Crippen LogP contribution in [-0.2, 0) is 29.1 Å². The molecular weight excluding hydrogens is 306 g/mol. The number of hydrogen-bond acceptors (Lipinski definition) is 6. The van der Waals surface area contributed by atoms with E-state index in [9.17, 15) is 13.6 Å². The number of esters is 1. The van der Waals surface area contributed by atoms with Gasteiger partial charge >= 0.3 is 5.97 Å². The Balaban J connectivity index is 2.08. The summed E-state index contributed by atoms with van der Waals surface area (Å²) >= 11 is -2.40. The fourth-order valence-electron chi connectivity index (χ4n) is 1.79. The number of carbonyl (C=O) groups excluding carboxylic acids is 1. The molecule has 0 aliphatic carbocycles. The molecule has 8 heteroatoms. The predicted octanol–water partition coefficient (Wildman–Crippen LogP) is 1.06. The van der Waals surface area contributed by atoms with Gasteiger partial charge in [-0.3, -0.25) is 14.2 Å². The van der Waals surface area contributed by atoms with Gasteiger partial charge in [-0.15, -0.1) is 0 Å². The zero-order chi connectivity index (χ0) is 15.9. The molecule has 1 unspecified atom stereocenters. The Morgan fingerprint density at radius 3 is 2.68 bits per heavy atom. The Morgan fingerprint density at radius 1 is 1.32 bits per heavy atom. The molecule has 0 aromatic carbocycles. The molecule has 2 rings (SSSR count). The third-order valence-corrected chi connectivity index (χ3v) is 3.56. The Morgan fingerprint density at radius 2 is 2.14 bits per heavy atom. The molecule has 0 aliphatic rings. The molecule has 0 N–H and O–H groups in total. The van der Waals surface area contributed by atoms with Gasteiger partial charge in [0.2, 0.25) is 0 Å². The molecular formula is C14H14N3O4S-. The normalized spacial score (nSPS) is 12.1. The maximum Gasteiger partial charge on any atom is 0.339 e. The highest BCUT2D eigenvalue weighted by molar-refractivity contribution is 7.76. The van der Waals surface area contributed by atoms with Crippen LogP contribution in [0.25, 0.3) is 0 Å². The fraction of sp³-hybridized carbons (Fsp3) is 0.214. The standard InChI is InChI=1S/C14H15N3O4S/c1-21-14(18)12-4-5-13(16-8-12)10-17(22(19)20)9-11-3-2-6-15-7-11/h2-8H,9-10H2,1H3,(H,19,20)/p-1. The quantitative estimate of drug-likeness (QED) is 0.583. The molecule has 0 bridgehead atoms. The molecule has 0 amide bonds. The summed E-state index contributed by atoms with van der Waals surface area (Å²) in [5.74, 6) is -0.487. The van der Waals surface area contributed by atoms with E-state index in [0.717, 1.165) is 5.56 Å². The number of nitrogens with zero attached hydrogens (tertiary/aromatic N) is 3. The van der Waals surface area contributed by atoms with E-state index in [1.54, 1.807) is 36.7 Å². The van der Waals surface area contributed by atoms with Gasteiger partial charge in [0.25, 0.3) is 0 Å². The lowest BCUT2D eigenvalue weighted by atomic mass is 10.2. The minimum Gasteiger partial charge on any atom is -0.760 e. The van der Waals surface area contributed by atoms with Crippen LogP contribution in [0.4, 0.5) is 0 Å². The minimum atomic E-state index is -2.40. The highest BCUT2D eigenvalue weighted by atomic mass is 32.2. The van der Waals surface area contributed by atoms with Crippen molar-refractivity contribution in [3.8, 4) is 0 Å². The first-order valence-corrected chi connectivity index (χ1v) is 7.40. The van der Waals surface area contributed by atoms with Crippen LogP contribution in [0.1, 0.15) is 21.6 Å². The zero-order valence-corrected chi connectivity index (χ0v) is 12.7. The molecule has 0 fully saturated rings. The van der Waals surface area contributed by atoms with E-state index in [4.69, 9.17) is 0 Å². The zero-order valence-electron chi connectivity index (χ0n) is 11.8. The molecule has 22 heavy (non-hydrogen) atoms. The Kier molecular flexibility index (Phi) is 5.70. The predicted molar refractivity (Wildman–Crippen MR) is 78.0 cm³/mol. The van der Waals surface area contributed by atoms with Gasteiger partial charge in [-0.05, 0) is 23.8 Å². The second kappa shape index (κ2) is 7.74. The van der Waals surface area contributed by atoms with Crippen molar-refractivity contribution in [2.75, 3.05) is 7.11 Å². The van der Waals surface area contributed by atoms with Gasteiger partial charge < -0.3 is 9.29 Å². The summed E-state index contributed by atoms with van der Waals surface area (Å²) < 4.78 is 28.5. The van der Waals surface area contributed by atoms with Crippen molar-refractivity contribution < 1.29 is 18.3 Å². The van der Waals surface area contributed by atoms with E-state index in [2.05, 4.69) is 14.7 Å². The van der Waals surface area contributed by atoms with Crippen molar-refractivity contribution in [3.63, 3.8) is 0 Å². The second-order valence-corrected chi connectivity index (χ2v) is 5.36. The Labute approximate surface area is 130 Å². The average molecular weight is 320 g/mol. The molecule has 0 aliphatic heterocycles. The highest BCUT2D eigenvalue weighted by Gasteiger charge is 2.10. The largest absolute Gasteiger partial charge is 0.760 e. The Hall–Kier alpha value is -2.16. The Bertz CT molecular complexity index is 649. The SMILES string of the molecule is COC(=O)c1ccc(CN(Cc2cccnc2)S(=O)[O-])nc1. The molecule has 2 heterocycles. The van der Waals surface area contributed by atoms with Gasteiger partial charge in [-0.1, -0.05) is 6.07 Å². The molecule has 0 saturated carbocycles. The summed E-state index contributed by atoms with van der Waals surface area (Å²) in [6.45, 7) is 0.302. The molecule has 0 spiro atoms. The van der Waals surface area contributed by atoms with E-state index in [1.165, 1.54) is 17.6 Å². The van der Waals surface area contributed by atoms with Crippen molar-refractivity contribution in [3.05, 3.63) is 59.7 Å². The fourth-order valence-corrected chi connectivity index (χ4v) is 2.29. The second-order valence-electron chi connectivity index (χ2n) is 4.41. The van der Waals surface area contributed by atoms with Crippen LogP contribution in [0.5, 0.6) is 0 Å². The smallest absolute Gasteiger partial charge is 0.339 e. The summed E-state index contributed by atoms with van der Waals surface area (Å²) in [5.41, 5.74) is 1.62. The molecule has 7 nitrogen and oxygen atoms in total. The van der Waals surface area contributed by atoms with Crippen LogP contribution >= 0.6 is 0 Å². The monoisotopic (exact) mass is 320 g/mol. The van der Waals surface area contributed by atoms with Crippen molar-refractivity contribution >= 4 is 17.2 Å². The minimum absolute atomic E-state index is 0.104. The summed E-state index contributed by atoms with van der Waals surface area (Å²) in [7, 11) is 1.28. The maximum atomic E-state index is 11.3. The first kappa shape index (κ1) is 16.2. The van der Waals surface area contributed by atoms with Gasteiger partial charge in [0, 0.05) is 36.4 Å². The third-order valence-electron chi connectivity index (χ3n) is 2.88. The topological polar surface area (TPSA) is 95.5 Å². The summed E-state index contributed by atoms with van der Waals surface area (Å²) in [6, 6.07) is 6.67.